The number of nitrogen functional groups attached to an aromatic ring is 1. The summed E-state index contributed by atoms with van der Waals surface area (Å²) in [5.74, 6) is -0.785. The van der Waals surface area contributed by atoms with E-state index in [0.29, 0.717) is 11.3 Å². The van der Waals surface area contributed by atoms with Crippen molar-refractivity contribution in [1.82, 2.24) is 9.38 Å². The monoisotopic (exact) mass is 308 g/mol. The molecule has 23 heavy (non-hydrogen) atoms. The molecule has 0 fully saturated rings. The van der Waals surface area contributed by atoms with Crippen LogP contribution in [0.4, 0.5) is 5.69 Å². The van der Waals surface area contributed by atoms with Crippen LogP contribution in [0, 0.1) is 0 Å². The standard InChI is InChI=1S/C16H16N6O/c17-13-10(9-4-5-12-21-6-7-22(12)8-9)2-1-3-11(13)14(18)15(19)16(20)23/h1-8H,17-19H2,(H2,20,23)/b15-14+. The number of nitrogens with zero attached hydrogens (tertiary/aromatic N) is 2. The van der Waals surface area contributed by atoms with E-state index in [9.17, 15) is 4.79 Å². The van der Waals surface area contributed by atoms with E-state index in [1.165, 1.54) is 0 Å². The number of benzene rings is 1. The van der Waals surface area contributed by atoms with Crippen LogP contribution in [0.2, 0.25) is 0 Å². The smallest absolute Gasteiger partial charge is 0.266 e. The van der Waals surface area contributed by atoms with E-state index in [0.717, 1.165) is 16.8 Å². The van der Waals surface area contributed by atoms with Crippen LogP contribution >= 0.6 is 0 Å². The minimum Gasteiger partial charge on any atom is -0.398 e. The van der Waals surface area contributed by atoms with Gasteiger partial charge in [0.05, 0.1) is 5.70 Å². The van der Waals surface area contributed by atoms with Gasteiger partial charge in [0.15, 0.2) is 0 Å². The number of primary amides is 1. The second-order valence-corrected chi connectivity index (χ2v) is 5.07. The fraction of sp³-hybridized carbons (Fsp3) is 0. The number of anilines is 1. The first-order chi connectivity index (χ1) is 11.0. The van der Waals surface area contributed by atoms with Crippen molar-refractivity contribution in [1.29, 1.82) is 0 Å². The number of hydrogen-bond donors (Lipinski definition) is 4. The summed E-state index contributed by atoms with van der Waals surface area (Å²) in [6.07, 6.45) is 5.47. The van der Waals surface area contributed by atoms with Gasteiger partial charge in [-0.1, -0.05) is 18.2 Å². The molecule has 0 aliphatic carbocycles. The summed E-state index contributed by atoms with van der Waals surface area (Å²) < 4.78 is 1.89. The first-order valence-corrected chi connectivity index (χ1v) is 6.86. The van der Waals surface area contributed by atoms with Gasteiger partial charge in [-0.15, -0.1) is 0 Å². The Morgan fingerprint density at radius 3 is 2.61 bits per heavy atom. The quantitative estimate of drug-likeness (QED) is 0.416. The van der Waals surface area contributed by atoms with Gasteiger partial charge < -0.3 is 27.3 Å². The molecule has 1 aromatic carbocycles. The molecule has 0 bridgehead atoms. The van der Waals surface area contributed by atoms with Gasteiger partial charge in [-0.05, 0) is 12.1 Å². The SMILES string of the molecule is NC(=O)/C(N)=C(\N)c1cccc(-c2ccc3nccn3c2)c1N. The highest BCUT2D eigenvalue weighted by Crippen LogP contribution is 2.31. The largest absolute Gasteiger partial charge is 0.398 e. The summed E-state index contributed by atoms with van der Waals surface area (Å²) in [4.78, 5) is 15.4. The predicted molar refractivity (Wildman–Crippen MR) is 89.5 cm³/mol. The zero-order chi connectivity index (χ0) is 16.6. The molecular formula is C16H16N6O. The van der Waals surface area contributed by atoms with Gasteiger partial charge in [-0.25, -0.2) is 4.98 Å². The van der Waals surface area contributed by atoms with Gasteiger partial charge >= 0.3 is 0 Å². The van der Waals surface area contributed by atoms with Gasteiger partial charge in [0.25, 0.3) is 5.91 Å². The highest BCUT2D eigenvalue weighted by Gasteiger charge is 2.14. The maximum atomic E-state index is 11.2. The van der Waals surface area contributed by atoms with Crippen LogP contribution in [0.15, 0.2) is 54.6 Å². The Labute approximate surface area is 132 Å². The van der Waals surface area contributed by atoms with Gasteiger partial charge in [-0.3, -0.25) is 4.79 Å². The third-order valence-corrected chi connectivity index (χ3v) is 3.65. The number of nitrogens with two attached hydrogens (primary N) is 4. The second-order valence-electron chi connectivity index (χ2n) is 5.07. The van der Waals surface area contributed by atoms with Crippen molar-refractivity contribution in [3.8, 4) is 11.1 Å². The van der Waals surface area contributed by atoms with E-state index >= 15 is 0 Å². The molecule has 8 N–H and O–H groups in total. The van der Waals surface area contributed by atoms with Gasteiger partial charge in [0, 0.05) is 41.0 Å². The average molecular weight is 308 g/mol. The van der Waals surface area contributed by atoms with Crippen molar-refractivity contribution in [2.75, 3.05) is 5.73 Å². The maximum Gasteiger partial charge on any atom is 0.266 e. The molecule has 0 saturated heterocycles. The van der Waals surface area contributed by atoms with Crippen molar-refractivity contribution in [3.05, 3.63) is 60.2 Å². The molecule has 1 amide bonds. The van der Waals surface area contributed by atoms with E-state index in [1.807, 2.05) is 35.0 Å². The second kappa shape index (κ2) is 5.38. The average Bonchev–Trinajstić information content (AvgIpc) is 3.01. The van der Waals surface area contributed by atoms with Crippen LogP contribution in [-0.4, -0.2) is 15.3 Å². The zero-order valence-electron chi connectivity index (χ0n) is 12.2. The van der Waals surface area contributed by atoms with Gasteiger partial charge in [0.2, 0.25) is 0 Å². The van der Waals surface area contributed by atoms with Crippen LogP contribution in [0.1, 0.15) is 5.56 Å². The zero-order valence-corrected chi connectivity index (χ0v) is 12.2. The number of para-hydroxylation sites is 1. The first-order valence-electron chi connectivity index (χ1n) is 6.86. The lowest BCUT2D eigenvalue weighted by Crippen LogP contribution is -2.24. The molecule has 7 nitrogen and oxygen atoms in total. The number of carbonyl (C=O) groups excluding carboxylic acids is 1. The third kappa shape index (κ3) is 2.44. The summed E-state index contributed by atoms with van der Waals surface area (Å²) in [6.45, 7) is 0. The summed E-state index contributed by atoms with van der Waals surface area (Å²) >= 11 is 0. The summed E-state index contributed by atoms with van der Waals surface area (Å²) in [7, 11) is 0. The van der Waals surface area contributed by atoms with E-state index in [2.05, 4.69) is 4.98 Å². The fourth-order valence-electron chi connectivity index (χ4n) is 2.41. The summed E-state index contributed by atoms with van der Waals surface area (Å²) in [5.41, 5.74) is 26.2. The van der Waals surface area contributed by atoms with Gasteiger partial charge in [-0.2, -0.15) is 0 Å². The van der Waals surface area contributed by atoms with Crippen molar-refractivity contribution in [3.63, 3.8) is 0 Å². The number of fused-ring (bicyclic) bond motifs is 1. The molecule has 0 unspecified atom stereocenters. The number of imidazole rings is 1. The molecule has 116 valence electrons. The Morgan fingerprint density at radius 1 is 1.09 bits per heavy atom. The Bertz CT molecular complexity index is 941. The topological polar surface area (TPSA) is 138 Å². The Hall–Kier alpha value is -3.48. The number of hydrogen-bond acceptors (Lipinski definition) is 5. The van der Waals surface area contributed by atoms with Crippen molar-refractivity contribution in [2.24, 2.45) is 17.2 Å². The molecule has 0 radical (unpaired) electrons. The number of carbonyl (C=O) groups is 1. The van der Waals surface area contributed by atoms with Crippen LogP contribution in [0.5, 0.6) is 0 Å². The fourth-order valence-corrected chi connectivity index (χ4v) is 2.41. The highest BCUT2D eigenvalue weighted by atomic mass is 16.1. The van der Waals surface area contributed by atoms with Crippen molar-refractivity contribution < 1.29 is 4.79 Å². The Balaban J connectivity index is 2.16. The Kier molecular flexibility index (Phi) is 3.38. The number of rotatable bonds is 3. The number of aromatic nitrogens is 2. The summed E-state index contributed by atoms with van der Waals surface area (Å²) in [6, 6.07) is 9.15. The normalized spacial score (nSPS) is 12.2. The molecular weight excluding hydrogens is 292 g/mol. The molecule has 0 aliphatic rings. The maximum absolute atomic E-state index is 11.2. The third-order valence-electron chi connectivity index (χ3n) is 3.65. The number of pyridine rings is 1. The van der Waals surface area contributed by atoms with Crippen molar-refractivity contribution >= 4 is 22.9 Å². The molecule has 7 heteroatoms. The Morgan fingerprint density at radius 2 is 1.87 bits per heavy atom. The lowest BCUT2D eigenvalue weighted by molar-refractivity contribution is -0.114. The highest BCUT2D eigenvalue weighted by molar-refractivity contribution is 6.00. The minimum atomic E-state index is -0.785. The summed E-state index contributed by atoms with van der Waals surface area (Å²) in [5, 5.41) is 0. The molecule has 0 atom stereocenters. The first kappa shape index (κ1) is 14.5. The van der Waals surface area contributed by atoms with Crippen LogP contribution in [0.3, 0.4) is 0 Å². The molecule has 3 rings (SSSR count). The lowest BCUT2D eigenvalue weighted by atomic mass is 9.99. The lowest BCUT2D eigenvalue weighted by Gasteiger charge is -2.13. The van der Waals surface area contributed by atoms with E-state index in [-0.39, 0.29) is 11.4 Å². The molecule has 3 aromatic rings. The van der Waals surface area contributed by atoms with Crippen molar-refractivity contribution in [2.45, 2.75) is 0 Å². The van der Waals surface area contributed by atoms with E-state index < -0.39 is 5.91 Å². The van der Waals surface area contributed by atoms with Crippen LogP contribution < -0.4 is 22.9 Å². The molecule has 2 heterocycles. The van der Waals surface area contributed by atoms with Gasteiger partial charge in [0.1, 0.15) is 11.3 Å². The van der Waals surface area contributed by atoms with E-state index in [1.54, 1.807) is 18.3 Å². The molecule has 0 spiro atoms. The molecule has 2 aromatic heterocycles. The van der Waals surface area contributed by atoms with E-state index in [4.69, 9.17) is 22.9 Å². The molecule has 0 aliphatic heterocycles. The predicted octanol–water partition coefficient (Wildman–Crippen LogP) is 0.655. The van der Waals surface area contributed by atoms with Crippen LogP contribution in [-0.2, 0) is 4.79 Å². The van der Waals surface area contributed by atoms with Crippen LogP contribution in [0.25, 0.3) is 22.5 Å². The minimum absolute atomic E-state index is 0.0700. The molecule has 0 saturated carbocycles. The number of amides is 1.